The maximum absolute atomic E-state index is 13.4. The molecule has 0 spiro atoms. The summed E-state index contributed by atoms with van der Waals surface area (Å²) < 4.78 is 28.2. The molecule has 37 heavy (non-hydrogen) atoms. The molecule has 0 bridgehead atoms. The van der Waals surface area contributed by atoms with Crippen LogP contribution in [0.4, 0.5) is 0 Å². The van der Waals surface area contributed by atoms with E-state index < -0.39 is 51.8 Å². The molecule has 2 heterocycles. The fourth-order valence-electron chi connectivity index (χ4n) is 3.96. The minimum Gasteiger partial charge on any atom is -0.481 e. The number of rotatable bonds is 12. The van der Waals surface area contributed by atoms with Crippen molar-refractivity contribution in [1.82, 2.24) is 14.9 Å². The zero-order valence-corrected chi connectivity index (χ0v) is 22.2. The molecule has 3 unspecified atom stereocenters. The van der Waals surface area contributed by atoms with Gasteiger partial charge >= 0.3 is 5.97 Å². The highest BCUT2D eigenvalue weighted by molar-refractivity contribution is 8.00. The molecule has 3 amide bonds. The Kier molecular flexibility index (Phi) is 10.1. The molecule has 2 aromatic rings. The van der Waals surface area contributed by atoms with Crippen molar-refractivity contribution in [2.75, 3.05) is 18.1 Å². The lowest BCUT2D eigenvalue weighted by Gasteiger charge is -2.39. The van der Waals surface area contributed by atoms with Gasteiger partial charge in [0.15, 0.2) is 0 Å². The average molecular weight is 569 g/mol. The zero-order valence-electron chi connectivity index (χ0n) is 19.7. The van der Waals surface area contributed by atoms with Gasteiger partial charge in [0.25, 0.3) is 0 Å². The van der Waals surface area contributed by atoms with Crippen molar-refractivity contribution >= 4 is 56.8 Å². The van der Waals surface area contributed by atoms with Gasteiger partial charge in [-0.3, -0.25) is 19.2 Å². The van der Waals surface area contributed by atoms with E-state index in [-0.39, 0.29) is 41.5 Å². The van der Waals surface area contributed by atoms with Crippen LogP contribution < -0.4 is 15.8 Å². The smallest absolute Gasteiger partial charge is 0.313 e. The summed E-state index contributed by atoms with van der Waals surface area (Å²) in [5.74, 6) is -3.36. The summed E-state index contributed by atoms with van der Waals surface area (Å²) in [5, 5.41) is 13.1. The first-order valence-electron chi connectivity index (χ1n) is 11.3. The number of carboxylic acid groups (broad SMARTS) is 1. The van der Waals surface area contributed by atoms with Crippen LogP contribution in [0.25, 0.3) is 0 Å². The highest BCUT2D eigenvalue weighted by Gasteiger charge is 2.38. The maximum Gasteiger partial charge on any atom is 0.313 e. The van der Waals surface area contributed by atoms with Gasteiger partial charge in [0, 0.05) is 19.0 Å². The highest BCUT2D eigenvalue weighted by atomic mass is 32.2. The van der Waals surface area contributed by atoms with Crippen LogP contribution in [-0.2, 0) is 35.6 Å². The number of aliphatic carboxylic acids is 1. The Morgan fingerprint density at radius 1 is 1.14 bits per heavy atom. The topological polar surface area (TPSA) is 176 Å². The maximum atomic E-state index is 13.4. The molecule has 0 aliphatic carbocycles. The number of carbonyl (C=O) groups is 4. The van der Waals surface area contributed by atoms with Gasteiger partial charge in [0.2, 0.25) is 27.7 Å². The Hall–Kier alpha value is -2.94. The van der Waals surface area contributed by atoms with Gasteiger partial charge in [0.1, 0.15) is 16.3 Å². The first-order chi connectivity index (χ1) is 17.6. The third-order valence-electron chi connectivity index (χ3n) is 5.70. The quantitative estimate of drug-likeness (QED) is 0.285. The number of benzene rings is 1. The molecule has 0 radical (unpaired) electrons. The van der Waals surface area contributed by atoms with Crippen molar-refractivity contribution < 1.29 is 32.7 Å². The van der Waals surface area contributed by atoms with Crippen molar-refractivity contribution in [3.63, 3.8) is 0 Å². The monoisotopic (exact) mass is 568 g/mol. The number of hydrogen-bond donors (Lipinski definition) is 4. The molecule has 1 aromatic heterocycles. The minimum atomic E-state index is -3.81. The summed E-state index contributed by atoms with van der Waals surface area (Å²) in [4.78, 5) is 50.5. The first-order valence-corrected chi connectivity index (χ1v) is 14.9. The van der Waals surface area contributed by atoms with Gasteiger partial charge in [-0.15, -0.1) is 23.1 Å². The number of thiophene rings is 1. The number of sulfonamides is 1. The Morgan fingerprint density at radius 3 is 2.49 bits per heavy atom. The summed E-state index contributed by atoms with van der Waals surface area (Å²) >= 11 is 1.96. The molecule has 11 nitrogen and oxygen atoms in total. The fraction of sp³-hybridized carbons (Fsp3) is 0.391. The molecule has 3 rings (SSSR count). The number of nitrogens with two attached hydrogens (primary N) is 1. The first kappa shape index (κ1) is 28.6. The van der Waals surface area contributed by atoms with Crippen LogP contribution in [-0.4, -0.2) is 78.3 Å². The Bertz CT molecular complexity index is 1210. The second kappa shape index (κ2) is 13.0. The molecule has 1 aliphatic heterocycles. The van der Waals surface area contributed by atoms with E-state index in [9.17, 15) is 27.6 Å². The molecular weight excluding hydrogens is 540 g/mol. The van der Waals surface area contributed by atoms with E-state index in [0.29, 0.717) is 0 Å². The van der Waals surface area contributed by atoms with Crippen molar-refractivity contribution in [2.45, 2.75) is 41.6 Å². The second-order valence-corrected chi connectivity index (χ2v) is 12.3. The number of nitrogens with one attached hydrogen (secondary N) is 2. The van der Waals surface area contributed by atoms with Gasteiger partial charge in [-0.2, -0.15) is 0 Å². The van der Waals surface area contributed by atoms with Crippen molar-refractivity contribution in [1.29, 1.82) is 0 Å². The summed E-state index contributed by atoms with van der Waals surface area (Å²) in [6, 6.07) is 9.27. The van der Waals surface area contributed by atoms with E-state index in [2.05, 4.69) is 10.0 Å². The number of nitrogens with zero attached hydrogens (tertiary/aromatic N) is 1. The molecule has 5 N–H and O–H groups in total. The summed E-state index contributed by atoms with van der Waals surface area (Å²) in [6.45, 7) is 0.0715. The Morgan fingerprint density at radius 2 is 1.86 bits per heavy atom. The van der Waals surface area contributed by atoms with Gasteiger partial charge in [-0.05, 0) is 29.9 Å². The number of piperidine rings is 1. The lowest BCUT2D eigenvalue weighted by atomic mass is 9.96. The van der Waals surface area contributed by atoms with Gasteiger partial charge in [-0.1, -0.05) is 36.4 Å². The molecule has 1 aromatic carbocycles. The van der Waals surface area contributed by atoms with Crippen LogP contribution in [0.5, 0.6) is 0 Å². The number of likely N-dealkylation sites (tertiary alicyclic amines) is 1. The Labute approximate surface area is 222 Å². The fourth-order valence-corrected chi connectivity index (χ4v) is 6.87. The number of carboxylic acids is 1. The highest BCUT2D eigenvalue weighted by Crippen LogP contribution is 2.23. The zero-order chi connectivity index (χ0) is 27.0. The van der Waals surface area contributed by atoms with Crippen molar-refractivity contribution in [3.05, 3.63) is 53.4 Å². The largest absolute Gasteiger partial charge is 0.481 e. The van der Waals surface area contributed by atoms with Gasteiger partial charge in [-0.25, -0.2) is 13.1 Å². The average Bonchev–Trinajstić information content (AvgIpc) is 3.40. The third kappa shape index (κ3) is 8.28. The second-order valence-electron chi connectivity index (χ2n) is 8.42. The lowest BCUT2D eigenvalue weighted by Crippen LogP contribution is -2.60. The van der Waals surface area contributed by atoms with Crippen LogP contribution in [0.1, 0.15) is 18.4 Å². The predicted octanol–water partition coefficient (Wildman–Crippen LogP) is 0.417. The number of amides is 3. The van der Waals surface area contributed by atoms with Crippen LogP contribution in [0.3, 0.4) is 0 Å². The van der Waals surface area contributed by atoms with Crippen molar-refractivity contribution in [3.8, 4) is 0 Å². The molecular formula is C23H28N4O7S3. The number of carbonyl (C=O) groups excluding carboxylic acids is 3. The van der Waals surface area contributed by atoms with E-state index in [1.165, 1.54) is 11.0 Å². The number of hydrogen-bond acceptors (Lipinski definition) is 8. The SMILES string of the molecule is NC(=O)C(Cc1ccccc1)NC(=O)C1CC(NS(=O)(=O)c2cccs2)CCN1C(=O)CSCC(=O)O. The van der Waals surface area contributed by atoms with Crippen LogP contribution in [0.2, 0.25) is 0 Å². The van der Waals surface area contributed by atoms with E-state index in [1.807, 2.05) is 6.07 Å². The summed E-state index contributed by atoms with van der Waals surface area (Å²) in [5.41, 5.74) is 6.31. The molecule has 200 valence electrons. The van der Waals surface area contributed by atoms with E-state index in [4.69, 9.17) is 10.8 Å². The molecule has 0 saturated carbocycles. The van der Waals surface area contributed by atoms with Crippen LogP contribution >= 0.6 is 23.1 Å². The van der Waals surface area contributed by atoms with E-state index in [0.717, 1.165) is 28.7 Å². The Balaban J connectivity index is 1.76. The standard InChI is InChI=1S/C23H28N4O7S3/c24-22(31)17(11-15-5-2-1-3-6-15)25-23(32)18-12-16(26-37(33,34)21-7-4-10-36-21)8-9-27(18)19(28)13-35-14-20(29)30/h1-7,10,16-18,26H,8-9,11-14H2,(H2,24,31)(H,25,32)(H,29,30). The van der Waals surface area contributed by atoms with Gasteiger partial charge < -0.3 is 21.1 Å². The molecule has 1 saturated heterocycles. The summed E-state index contributed by atoms with van der Waals surface area (Å²) in [6.07, 6.45) is 0.376. The molecule has 1 fully saturated rings. The summed E-state index contributed by atoms with van der Waals surface area (Å²) in [7, 11) is -3.81. The van der Waals surface area contributed by atoms with Gasteiger partial charge in [0.05, 0.1) is 11.5 Å². The number of primary amides is 1. The normalized spacial score (nSPS) is 18.6. The minimum absolute atomic E-state index is 0.0252. The third-order valence-corrected chi connectivity index (χ3v) is 9.52. The molecule has 1 aliphatic rings. The van der Waals surface area contributed by atoms with E-state index in [1.54, 1.807) is 35.7 Å². The van der Waals surface area contributed by atoms with Crippen LogP contribution in [0.15, 0.2) is 52.1 Å². The van der Waals surface area contributed by atoms with E-state index >= 15 is 0 Å². The molecule has 3 atom stereocenters. The number of thioether (sulfide) groups is 1. The van der Waals surface area contributed by atoms with Crippen LogP contribution in [0, 0.1) is 0 Å². The van der Waals surface area contributed by atoms with Crippen molar-refractivity contribution in [2.24, 2.45) is 5.73 Å². The molecule has 14 heteroatoms. The predicted molar refractivity (Wildman–Crippen MR) is 139 cm³/mol. The lowest BCUT2D eigenvalue weighted by molar-refractivity contribution is -0.141.